The number of primary sulfonamides is 1. The summed E-state index contributed by atoms with van der Waals surface area (Å²) < 4.78 is 28.2. The number of nitrogens with zero attached hydrogens (tertiary/aromatic N) is 1. The summed E-state index contributed by atoms with van der Waals surface area (Å²) in [5.41, 5.74) is 2.20. The number of hydrogen-bond donors (Lipinski definition) is 2. The second kappa shape index (κ2) is 8.31. The Morgan fingerprint density at radius 1 is 1.15 bits per heavy atom. The van der Waals surface area contributed by atoms with Gasteiger partial charge in [-0.25, -0.2) is 13.6 Å². The van der Waals surface area contributed by atoms with Crippen LogP contribution in [0.1, 0.15) is 21.5 Å². The van der Waals surface area contributed by atoms with E-state index in [1.54, 1.807) is 0 Å². The second-order valence-electron chi connectivity index (χ2n) is 6.10. The number of nitrogens with two attached hydrogens (primary N) is 1. The maximum Gasteiger partial charge on any atom is 0.255 e. The SMILES string of the molecule is COc1ccc(S(N)(=O)=O)cc1C(=O)NCc1ccccc1CN(C)C. The first-order chi connectivity index (χ1) is 12.2. The Morgan fingerprint density at radius 2 is 1.81 bits per heavy atom. The molecule has 0 aromatic heterocycles. The summed E-state index contributed by atoms with van der Waals surface area (Å²) in [7, 11) is 1.44. The van der Waals surface area contributed by atoms with Gasteiger partial charge in [0.1, 0.15) is 5.75 Å². The molecule has 0 atom stereocenters. The van der Waals surface area contributed by atoms with Gasteiger partial charge in [0.2, 0.25) is 10.0 Å². The normalized spacial score (nSPS) is 11.4. The van der Waals surface area contributed by atoms with Crippen molar-refractivity contribution in [3.63, 3.8) is 0 Å². The lowest BCUT2D eigenvalue weighted by atomic mass is 10.1. The van der Waals surface area contributed by atoms with Crippen molar-refractivity contribution < 1.29 is 17.9 Å². The van der Waals surface area contributed by atoms with Gasteiger partial charge in [-0.3, -0.25) is 4.79 Å². The van der Waals surface area contributed by atoms with Crippen molar-refractivity contribution in [1.82, 2.24) is 10.2 Å². The zero-order valence-corrected chi connectivity index (χ0v) is 15.8. The van der Waals surface area contributed by atoms with Gasteiger partial charge in [0.05, 0.1) is 17.6 Å². The van der Waals surface area contributed by atoms with E-state index in [1.807, 2.05) is 43.3 Å². The van der Waals surface area contributed by atoms with E-state index in [9.17, 15) is 13.2 Å². The average Bonchev–Trinajstić information content (AvgIpc) is 2.58. The Kier molecular flexibility index (Phi) is 6.36. The van der Waals surface area contributed by atoms with Crippen LogP contribution in [0.25, 0.3) is 0 Å². The number of sulfonamides is 1. The largest absolute Gasteiger partial charge is 0.496 e. The molecule has 2 rings (SSSR count). The molecule has 2 aromatic rings. The Bertz CT molecular complexity index is 895. The Balaban J connectivity index is 2.23. The molecule has 140 valence electrons. The molecule has 3 N–H and O–H groups in total. The third-order valence-electron chi connectivity index (χ3n) is 3.79. The highest BCUT2D eigenvalue weighted by Crippen LogP contribution is 2.22. The van der Waals surface area contributed by atoms with Gasteiger partial charge in [0.25, 0.3) is 5.91 Å². The van der Waals surface area contributed by atoms with E-state index in [-0.39, 0.29) is 16.2 Å². The van der Waals surface area contributed by atoms with Crippen LogP contribution in [-0.2, 0) is 23.1 Å². The first kappa shape index (κ1) is 19.9. The third kappa shape index (κ3) is 5.04. The van der Waals surface area contributed by atoms with E-state index in [1.165, 1.54) is 25.3 Å². The Labute approximate surface area is 153 Å². The fourth-order valence-electron chi connectivity index (χ4n) is 2.54. The van der Waals surface area contributed by atoms with E-state index in [0.717, 1.165) is 17.7 Å². The molecule has 0 bridgehead atoms. The zero-order chi connectivity index (χ0) is 19.3. The summed E-state index contributed by atoms with van der Waals surface area (Å²) in [6.07, 6.45) is 0. The molecule has 0 unspecified atom stereocenters. The van der Waals surface area contributed by atoms with Crippen LogP contribution in [0.5, 0.6) is 5.75 Å². The van der Waals surface area contributed by atoms with Crippen LogP contribution in [0, 0.1) is 0 Å². The van der Waals surface area contributed by atoms with Crippen molar-refractivity contribution in [2.24, 2.45) is 5.14 Å². The Morgan fingerprint density at radius 3 is 2.38 bits per heavy atom. The molecular weight excluding hydrogens is 354 g/mol. The van der Waals surface area contributed by atoms with Gasteiger partial charge in [0.15, 0.2) is 0 Å². The summed E-state index contributed by atoms with van der Waals surface area (Å²) in [6.45, 7) is 1.06. The van der Waals surface area contributed by atoms with Gasteiger partial charge in [-0.2, -0.15) is 0 Å². The quantitative estimate of drug-likeness (QED) is 0.758. The number of methoxy groups -OCH3 is 1. The molecule has 0 spiro atoms. The minimum atomic E-state index is -3.91. The maximum absolute atomic E-state index is 12.6. The molecule has 0 saturated heterocycles. The summed E-state index contributed by atoms with van der Waals surface area (Å²) in [4.78, 5) is 14.5. The van der Waals surface area contributed by atoms with Gasteiger partial charge >= 0.3 is 0 Å². The highest BCUT2D eigenvalue weighted by atomic mass is 32.2. The predicted molar refractivity (Wildman–Crippen MR) is 99.4 cm³/mol. The van der Waals surface area contributed by atoms with Crippen LogP contribution in [0.15, 0.2) is 47.4 Å². The zero-order valence-electron chi connectivity index (χ0n) is 15.0. The topological polar surface area (TPSA) is 102 Å². The predicted octanol–water partition coefficient (Wildman–Crippen LogP) is 1.33. The second-order valence-corrected chi connectivity index (χ2v) is 7.66. The molecule has 0 fully saturated rings. The van der Waals surface area contributed by atoms with E-state index >= 15 is 0 Å². The van der Waals surface area contributed by atoms with Crippen molar-refractivity contribution in [2.75, 3.05) is 21.2 Å². The number of amides is 1. The van der Waals surface area contributed by atoms with Crippen molar-refractivity contribution in [1.29, 1.82) is 0 Å². The molecule has 7 nitrogen and oxygen atoms in total. The molecule has 0 radical (unpaired) electrons. The van der Waals surface area contributed by atoms with Gasteiger partial charge in [-0.1, -0.05) is 24.3 Å². The molecule has 0 saturated carbocycles. The standard InChI is InChI=1S/C18H23N3O4S/c1-21(2)12-14-7-5-4-6-13(14)11-20-18(22)16-10-15(26(19,23)24)8-9-17(16)25-3/h4-10H,11-12H2,1-3H3,(H,20,22)(H2,19,23,24). The van der Waals surface area contributed by atoms with Crippen molar-refractivity contribution in [3.05, 3.63) is 59.2 Å². The fourth-order valence-corrected chi connectivity index (χ4v) is 3.08. The first-order valence-corrected chi connectivity index (χ1v) is 9.47. The fraction of sp³-hybridized carbons (Fsp3) is 0.278. The van der Waals surface area contributed by atoms with Crippen LogP contribution in [0.2, 0.25) is 0 Å². The number of carbonyl (C=O) groups excluding carboxylic acids is 1. The van der Waals surface area contributed by atoms with Crippen molar-refractivity contribution in [2.45, 2.75) is 18.0 Å². The lowest BCUT2D eigenvalue weighted by Crippen LogP contribution is -2.25. The van der Waals surface area contributed by atoms with E-state index in [0.29, 0.717) is 6.54 Å². The van der Waals surface area contributed by atoms with Gasteiger partial charge < -0.3 is 15.0 Å². The molecule has 0 aliphatic heterocycles. The molecule has 8 heteroatoms. The smallest absolute Gasteiger partial charge is 0.255 e. The summed E-state index contributed by atoms with van der Waals surface area (Å²) in [5.74, 6) is -0.163. The maximum atomic E-state index is 12.6. The van der Waals surface area contributed by atoms with E-state index in [2.05, 4.69) is 5.32 Å². The summed E-state index contributed by atoms with van der Waals surface area (Å²) in [6, 6.07) is 11.7. The van der Waals surface area contributed by atoms with Crippen LogP contribution < -0.4 is 15.2 Å². The van der Waals surface area contributed by atoms with Crippen molar-refractivity contribution in [3.8, 4) is 5.75 Å². The number of carbonyl (C=O) groups is 1. The summed E-state index contributed by atoms with van der Waals surface area (Å²) >= 11 is 0. The minimum absolute atomic E-state index is 0.115. The average molecular weight is 377 g/mol. The van der Waals surface area contributed by atoms with Crippen LogP contribution in [0.4, 0.5) is 0 Å². The lowest BCUT2D eigenvalue weighted by Gasteiger charge is -2.15. The van der Waals surface area contributed by atoms with E-state index in [4.69, 9.17) is 9.88 Å². The van der Waals surface area contributed by atoms with Gasteiger partial charge in [-0.15, -0.1) is 0 Å². The minimum Gasteiger partial charge on any atom is -0.496 e. The van der Waals surface area contributed by atoms with Crippen LogP contribution in [0.3, 0.4) is 0 Å². The number of benzene rings is 2. The van der Waals surface area contributed by atoms with Crippen molar-refractivity contribution >= 4 is 15.9 Å². The number of hydrogen-bond acceptors (Lipinski definition) is 5. The molecule has 2 aromatic carbocycles. The molecule has 26 heavy (non-hydrogen) atoms. The number of nitrogens with one attached hydrogen (secondary N) is 1. The summed E-state index contributed by atoms with van der Waals surface area (Å²) in [5, 5.41) is 7.95. The molecule has 0 aliphatic rings. The Hall–Kier alpha value is -2.42. The highest BCUT2D eigenvalue weighted by Gasteiger charge is 2.17. The number of ether oxygens (including phenoxy) is 1. The molecule has 1 amide bonds. The molecule has 0 heterocycles. The van der Waals surface area contributed by atoms with Crippen LogP contribution >= 0.6 is 0 Å². The highest BCUT2D eigenvalue weighted by molar-refractivity contribution is 7.89. The van der Waals surface area contributed by atoms with Crippen LogP contribution in [-0.4, -0.2) is 40.4 Å². The third-order valence-corrected chi connectivity index (χ3v) is 4.70. The molecule has 0 aliphatic carbocycles. The molecular formula is C18H23N3O4S. The van der Waals surface area contributed by atoms with Gasteiger partial charge in [0, 0.05) is 13.1 Å². The van der Waals surface area contributed by atoms with E-state index < -0.39 is 15.9 Å². The number of rotatable bonds is 7. The lowest BCUT2D eigenvalue weighted by molar-refractivity contribution is 0.0947. The first-order valence-electron chi connectivity index (χ1n) is 7.93. The monoisotopic (exact) mass is 377 g/mol. The van der Waals surface area contributed by atoms with Gasteiger partial charge in [-0.05, 0) is 43.4 Å².